The number of hydrogen-bond acceptors (Lipinski definition) is 3. The molecule has 0 aromatic heterocycles. The van der Waals surface area contributed by atoms with Gasteiger partial charge in [-0.25, -0.2) is 0 Å². The van der Waals surface area contributed by atoms with E-state index < -0.39 is 0 Å². The fraction of sp³-hybridized carbons (Fsp3) is 0.562. The summed E-state index contributed by atoms with van der Waals surface area (Å²) in [5, 5.41) is 0.785. The molecule has 1 atom stereocenters. The topological polar surface area (TPSA) is 23.6 Å². The highest BCUT2D eigenvalue weighted by molar-refractivity contribution is 6.30. The first-order chi connectivity index (χ1) is 9.72. The zero-order chi connectivity index (χ0) is 13.9. The van der Waals surface area contributed by atoms with Crippen molar-refractivity contribution in [1.29, 1.82) is 0 Å². The molecule has 0 N–H and O–H groups in total. The standard InChI is InChI=1S/C16H21ClN2O/c17-13-4-6-14(7-5-13)18-8-10-19(11-9-18)15-2-1-3-16(20)12-15/h4-7,15H,1-3,8-12H2. The Kier molecular flexibility index (Phi) is 4.27. The minimum atomic E-state index is 0.446. The Hall–Kier alpha value is -1.06. The van der Waals surface area contributed by atoms with Crippen molar-refractivity contribution in [3.63, 3.8) is 0 Å². The van der Waals surface area contributed by atoms with E-state index in [1.807, 2.05) is 12.1 Å². The quantitative estimate of drug-likeness (QED) is 0.837. The van der Waals surface area contributed by atoms with Crippen molar-refractivity contribution < 1.29 is 4.79 Å². The van der Waals surface area contributed by atoms with Crippen LogP contribution >= 0.6 is 11.6 Å². The molecule has 3 rings (SSSR count). The van der Waals surface area contributed by atoms with Crippen molar-refractivity contribution in [3.05, 3.63) is 29.3 Å². The molecule has 1 aliphatic heterocycles. The maximum atomic E-state index is 11.6. The van der Waals surface area contributed by atoms with E-state index in [0.29, 0.717) is 11.8 Å². The van der Waals surface area contributed by atoms with Crippen LogP contribution in [0.15, 0.2) is 24.3 Å². The molecule has 1 aromatic rings. The van der Waals surface area contributed by atoms with Gasteiger partial charge in [0.1, 0.15) is 5.78 Å². The second-order valence-corrected chi connectivity index (χ2v) is 6.22. The van der Waals surface area contributed by atoms with E-state index in [1.54, 1.807) is 0 Å². The molecule has 1 saturated heterocycles. The molecular weight excluding hydrogens is 272 g/mol. The molecular formula is C16H21ClN2O. The van der Waals surface area contributed by atoms with Gasteiger partial charge >= 0.3 is 0 Å². The lowest BCUT2D eigenvalue weighted by Crippen LogP contribution is -2.51. The number of carbonyl (C=O) groups is 1. The lowest BCUT2D eigenvalue weighted by Gasteiger charge is -2.41. The fourth-order valence-electron chi connectivity index (χ4n) is 3.31. The van der Waals surface area contributed by atoms with Crippen LogP contribution in [0.2, 0.25) is 5.02 Å². The zero-order valence-corrected chi connectivity index (χ0v) is 12.5. The van der Waals surface area contributed by atoms with Gasteiger partial charge in [-0.3, -0.25) is 9.69 Å². The number of Topliss-reactive ketones (excluding diaryl/α,β-unsaturated/α-hetero) is 1. The van der Waals surface area contributed by atoms with Crippen LogP contribution in [0.3, 0.4) is 0 Å². The predicted octanol–water partition coefficient (Wildman–Crippen LogP) is 2.97. The average molecular weight is 293 g/mol. The fourth-order valence-corrected chi connectivity index (χ4v) is 3.44. The Morgan fingerprint density at radius 3 is 2.40 bits per heavy atom. The number of piperazine rings is 1. The summed E-state index contributed by atoms with van der Waals surface area (Å²) in [4.78, 5) is 16.5. The number of carbonyl (C=O) groups excluding carboxylic acids is 1. The first-order valence-electron chi connectivity index (χ1n) is 7.48. The summed E-state index contributed by atoms with van der Waals surface area (Å²) >= 11 is 5.93. The van der Waals surface area contributed by atoms with Crippen molar-refractivity contribution in [2.45, 2.75) is 31.7 Å². The van der Waals surface area contributed by atoms with Gasteiger partial charge in [0.05, 0.1) is 0 Å². The van der Waals surface area contributed by atoms with Crippen LogP contribution in [-0.2, 0) is 4.79 Å². The molecule has 1 unspecified atom stereocenters. The summed E-state index contributed by atoms with van der Waals surface area (Å²) < 4.78 is 0. The van der Waals surface area contributed by atoms with E-state index in [0.717, 1.165) is 50.5 Å². The normalized spacial score (nSPS) is 24.9. The summed E-state index contributed by atoms with van der Waals surface area (Å²) in [6.45, 7) is 4.18. The minimum absolute atomic E-state index is 0.446. The van der Waals surface area contributed by atoms with E-state index in [4.69, 9.17) is 11.6 Å². The molecule has 1 aromatic carbocycles. The van der Waals surface area contributed by atoms with E-state index in [9.17, 15) is 4.79 Å². The molecule has 0 bridgehead atoms. The van der Waals surface area contributed by atoms with Crippen LogP contribution in [0.1, 0.15) is 25.7 Å². The molecule has 0 spiro atoms. The van der Waals surface area contributed by atoms with Crippen LogP contribution < -0.4 is 4.90 Å². The van der Waals surface area contributed by atoms with Gasteiger partial charge in [-0.05, 0) is 37.1 Å². The van der Waals surface area contributed by atoms with Crippen LogP contribution in [0.4, 0.5) is 5.69 Å². The highest BCUT2D eigenvalue weighted by atomic mass is 35.5. The van der Waals surface area contributed by atoms with E-state index in [2.05, 4.69) is 21.9 Å². The number of halogens is 1. The maximum absolute atomic E-state index is 11.6. The largest absolute Gasteiger partial charge is 0.369 e. The molecule has 4 heteroatoms. The molecule has 2 aliphatic rings. The van der Waals surface area contributed by atoms with Gasteiger partial charge in [-0.2, -0.15) is 0 Å². The van der Waals surface area contributed by atoms with Gasteiger partial charge in [-0.1, -0.05) is 11.6 Å². The summed E-state index contributed by atoms with van der Waals surface area (Å²) in [6, 6.07) is 8.56. The Morgan fingerprint density at radius 2 is 1.75 bits per heavy atom. The van der Waals surface area contributed by atoms with Crippen LogP contribution in [0, 0.1) is 0 Å². The highest BCUT2D eigenvalue weighted by Crippen LogP contribution is 2.24. The van der Waals surface area contributed by atoms with Crippen molar-refractivity contribution in [2.24, 2.45) is 0 Å². The summed E-state index contributed by atoms with van der Waals surface area (Å²) in [7, 11) is 0. The van der Waals surface area contributed by atoms with Gasteiger partial charge < -0.3 is 4.90 Å². The van der Waals surface area contributed by atoms with Crippen molar-refractivity contribution in [3.8, 4) is 0 Å². The number of benzene rings is 1. The molecule has 3 nitrogen and oxygen atoms in total. The van der Waals surface area contributed by atoms with Crippen LogP contribution in [-0.4, -0.2) is 42.9 Å². The highest BCUT2D eigenvalue weighted by Gasteiger charge is 2.27. The van der Waals surface area contributed by atoms with Gasteiger partial charge in [0.15, 0.2) is 0 Å². The maximum Gasteiger partial charge on any atom is 0.134 e. The Labute approximate surface area is 125 Å². The Morgan fingerprint density at radius 1 is 1.05 bits per heavy atom. The monoisotopic (exact) mass is 292 g/mol. The summed E-state index contributed by atoms with van der Waals surface area (Å²) in [5.41, 5.74) is 1.24. The Bertz CT molecular complexity index is 466. The first kappa shape index (κ1) is 13.9. The molecule has 1 heterocycles. The van der Waals surface area contributed by atoms with Gasteiger partial charge in [-0.15, -0.1) is 0 Å². The zero-order valence-electron chi connectivity index (χ0n) is 11.7. The van der Waals surface area contributed by atoms with Gasteiger partial charge in [0.25, 0.3) is 0 Å². The molecule has 108 valence electrons. The van der Waals surface area contributed by atoms with Crippen LogP contribution in [0.5, 0.6) is 0 Å². The molecule has 1 aliphatic carbocycles. The smallest absolute Gasteiger partial charge is 0.134 e. The second kappa shape index (κ2) is 6.15. The van der Waals surface area contributed by atoms with Crippen LogP contribution in [0.25, 0.3) is 0 Å². The molecule has 0 radical (unpaired) electrons. The molecule has 0 amide bonds. The summed E-state index contributed by atoms with van der Waals surface area (Å²) in [6.07, 6.45) is 3.82. The number of nitrogens with zero attached hydrogens (tertiary/aromatic N) is 2. The van der Waals surface area contributed by atoms with E-state index >= 15 is 0 Å². The third-order valence-corrected chi connectivity index (χ3v) is 4.73. The van der Waals surface area contributed by atoms with Crippen molar-refractivity contribution >= 4 is 23.1 Å². The number of hydrogen-bond donors (Lipinski definition) is 0. The second-order valence-electron chi connectivity index (χ2n) is 5.79. The summed E-state index contributed by atoms with van der Waals surface area (Å²) in [5.74, 6) is 0.446. The molecule has 1 saturated carbocycles. The number of ketones is 1. The lowest BCUT2D eigenvalue weighted by molar-refractivity contribution is -0.122. The van der Waals surface area contributed by atoms with Crippen molar-refractivity contribution in [2.75, 3.05) is 31.1 Å². The Balaban J connectivity index is 1.56. The number of anilines is 1. The third kappa shape index (κ3) is 3.15. The number of rotatable bonds is 2. The van der Waals surface area contributed by atoms with Gasteiger partial charge in [0.2, 0.25) is 0 Å². The lowest BCUT2D eigenvalue weighted by atomic mass is 9.92. The van der Waals surface area contributed by atoms with E-state index in [-0.39, 0.29) is 0 Å². The molecule has 20 heavy (non-hydrogen) atoms. The predicted molar refractivity (Wildman–Crippen MR) is 82.5 cm³/mol. The van der Waals surface area contributed by atoms with Crippen molar-refractivity contribution in [1.82, 2.24) is 4.90 Å². The van der Waals surface area contributed by atoms with Gasteiger partial charge in [0, 0.05) is 55.8 Å². The van der Waals surface area contributed by atoms with E-state index in [1.165, 1.54) is 12.1 Å². The first-order valence-corrected chi connectivity index (χ1v) is 7.86. The minimum Gasteiger partial charge on any atom is -0.369 e. The SMILES string of the molecule is O=C1CCCC(N2CCN(c3ccc(Cl)cc3)CC2)C1. The average Bonchev–Trinajstić information content (AvgIpc) is 2.48. The third-order valence-electron chi connectivity index (χ3n) is 4.48. The molecule has 2 fully saturated rings.